The molecule has 0 saturated heterocycles. The number of ether oxygens (including phenoxy) is 1. The SMILES string of the molecule is COC(=O)CCNS(=O)(=O)c1c(Cl)cccc1Cl. The first-order valence-corrected chi connectivity index (χ1v) is 7.13. The highest BCUT2D eigenvalue weighted by atomic mass is 35.5. The minimum atomic E-state index is -3.85. The van der Waals surface area contributed by atoms with Crippen molar-refractivity contribution in [2.45, 2.75) is 11.3 Å². The van der Waals surface area contributed by atoms with Gasteiger partial charge in [0.05, 0.1) is 23.6 Å². The Morgan fingerprint density at radius 3 is 2.39 bits per heavy atom. The second kappa shape index (κ2) is 6.38. The fourth-order valence-corrected chi connectivity index (χ4v) is 3.37. The maximum absolute atomic E-state index is 11.9. The molecule has 0 aliphatic heterocycles. The van der Waals surface area contributed by atoms with Crippen LogP contribution in [0.5, 0.6) is 0 Å². The average Bonchev–Trinajstić information content (AvgIpc) is 2.27. The number of hydrogen-bond donors (Lipinski definition) is 1. The van der Waals surface area contributed by atoms with Crippen LogP contribution in [0.15, 0.2) is 23.1 Å². The maximum Gasteiger partial charge on any atom is 0.306 e. The molecular weight excluding hydrogens is 301 g/mol. The van der Waals surface area contributed by atoms with Crippen LogP contribution < -0.4 is 4.72 Å². The molecule has 0 aliphatic rings. The molecular formula is C10H11Cl2NO4S. The van der Waals surface area contributed by atoms with Gasteiger partial charge in [-0.25, -0.2) is 13.1 Å². The summed E-state index contributed by atoms with van der Waals surface area (Å²) in [5.41, 5.74) is 0. The number of methoxy groups -OCH3 is 1. The minimum Gasteiger partial charge on any atom is -0.469 e. The molecule has 5 nitrogen and oxygen atoms in total. The number of nitrogens with one attached hydrogen (secondary N) is 1. The van der Waals surface area contributed by atoms with Crippen molar-refractivity contribution in [2.24, 2.45) is 0 Å². The van der Waals surface area contributed by atoms with Crippen LogP contribution in [-0.2, 0) is 19.6 Å². The smallest absolute Gasteiger partial charge is 0.306 e. The second-order valence-corrected chi connectivity index (χ2v) is 5.79. The van der Waals surface area contributed by atoms with Crippen molar-refractivity contribution in [2.75, 3.05) is 13.7 Å². The molecule has 18 heavy (non-hydrogen) atoms. The fourth-order valence-electron chi connectivity index (χ4n) is 1.20. The van der Waals surface area contributed by atoms with E-state index in [4.69, 9.17) is 23.2 Å². The van der Waals surface area contributed by atoms with Crippen LogP contribution in [0.25, 0.3) is 0 Å². The fraction of sp³-hybridized carbons (Fsp3) is 0.300. The molecule has 0 unspecified atom stereocenters. The van der Waals surface area contributed by atoms with Crippen molar-refractivity contribution >= 4 is 39.2 Å². The highest BCUT2D eigenvalue weighted by Crippen LogP contribution is 2.28. The number of carbonyl (C=O) groups excluding carboxylic acids is 1. The number of rotatable bonds is 5. The van der Waals surface area contributed by atoms with E-state index in [1.807, 2.05) is 0 Å². The molecule has 100 valence electrons. The summed E-state index contributed by atoms with van der Waals surface area (Å²) >= 11 is 11.6. The topological polar surface area (TPSA) is 72.5 Å². The van der Waals surface area contributed by atoms with E-state index in [2.05, 4.69) is 9.46 Å². The lowest BCUT2D eigenvalue weighted by Crippen LogP contribution is -2.27. The first kappa shape index (κ1) is 15.2. The van der Waals surface area contributed by atoms with Crippen LogP contribution >= 0.6 is 23.2 Å². The van der Waals surface area contributed by atoms with Gasteiger partial charge in [-0.3, -0.25) is 4.79 Å². The molecule has 8 heteroatoms. The molecule has 0 atom stereocenters. The van der Waals surface area contributed by atoms with E-state index in [-0.39, 0.29) is 27.9 Å². The number of carbonyl (C=O) groups is 1. The van der Waals surface area contributed by atoms with Gasteiger partial charge in [-0.2, -0.15) is 0 Å². The summed E-state index contributed by atoms with van der Waals surface area (Å²) in [5, 5.41) is 0.0427. The molecule has 0 aliphatic carbocycles. The van der Waals surface area contributed by atoms with Gasteiger partial charge in [-0.05, 0) is 12.1 Å². The second-order valence-electron chi connectivity index (χ2n) is 3.27. The quantitative estimate of drug-likeness (QED) is 0.842. The number of sulfonamides is 1. The van der Waals surface area contributed by atoms with Gasteiger partial charge >= 0.3 is 5.97 Å². The van der Waals surface area contributed by atoms with Gasteiger partial charge in [0.2, 0.25) is 10.0 Å². The van der Waals surface area contributed by atoms with E-state index in [9.17, 15) is 13.2 Å². The minimum absolute atomic E-state index is 0.0214. The standard InChI is InChI=1S/C10H11Cl2NO4S/c1-17-9(14)5-6-13-18(15,16)10-7(11)3-2-4-8(10)12/h2-4,13H,5-6H2,1H3. The van der Waals surface area contributed by atoms with Gasteiger partial charge in [-0.1, -0.05) is 29.3 Å². The summed E-state index contributed by atoms with van der Waals surface area (Å²) in [6, 6.07) is 4.38. The van der Waals surface area contributed by atoms with Crippen molar-refractivity contribution in [1.82, 2.24) is 4.72 Å². The molecule has 1 aromatic rings. The highest BCUT2D eigenvalue weighted by molar-refractivity contribution is 7.89. The van der Waals surface area contributed by atoms with Crippen molar-refractivity contribution in [3.63, 3.8) is 0 Å². The Labute approximate surface area is 115 Å². The number of benzene rings is 1. The highest BCUT2D eigenvalue weighted by Gasteiger charge is 2.21. The molecule has 1 rings (SSSR count). The molecule has 0 aromatic heterocycles. The van der Waals surface area contributed by atoms with Crippen LogP contribution in [0.2, 0.25) is 10.0 Å². The molecule has 0 heterocycles. The zero-order valence-electron chi connectivity index (χ0n) is 9.44. The van der Waals surface area contributed by atoms with Crippen molar-refractivity contribution < 1.29 is 17.9 Å². The van der Waals surface area contributed by atoms with E-state index in [0.29, 0.717) is 0 Å². The van der Waals surface area contributed by atoms with E-state index >= 15 is 0 Å². The van der Waals surface area contributed by atoms with Crippen LogP contribution in [0.3, 0.4) is 0 Å². The molecule has 0 fully saturated rings. The number of hydrogen-bond acceptors (Lipinski definition) is 4. The zero-order chi connectivity index (χ0) is 13.8. The Morgan fingerprint density at radius 1 is 1.33 bits per heavy atom. The predicted molar refractivity (Wildman–Crippen MR) is 68.3 cm³/mol. The summed E-state index contributed by atoms with van der Waals surface area (Å²) in [6.07, 6.45) is -0.0716. The molecule has 0 amide bonds. The number of esters is 1. The lowest BCUT2D eigenvalue weighted by molar-refractivity contribution is -0.140. The molecule has 0 saturated carbocycles. The Morgan fingerprint density at radius 2 is 1.89 bits per heavy atom. The largest absolute Gasteiger partial charge is 0.469 e. The van der Waals surface area contributed by atoms with Crippen LogP contribution in [0.4, 0.5) is 0 Å². The Bertz CT molecular complexity index is 525. The lowest BCUT2D eigenvalue weighted by Gasteiger charge is -2.09. The van der Waals surface area contributed by atoms with E-state index in [1.54, 1.807) is 0 Å². The van der Waals surface area contributed by atoms with Crippen LogP contribution in [0, 0.1) is 0 Å². The molecule has 0 spiro atoms. The maximum atomic E-state index is 11.9. The van der Waals surface area contributed by atoms with Crippen molar-refractivity contribution in [3.05, 3.63) is 28.2 Å². The third-order valence-corrected chi connectivity index (χ3v) is 4.45. The first-order valence-electron chi connectivity index (χ1n) is 4.89. The summed E-state index contributed by atoms with van der Waals surface area (Å²) in [4.78, 5) is 10.7. The molecule has 1 aromatic carbocycles. The van der Waals surface area contributed by atoms with Gasteiger partial charge in [0.1, 0.15) is 4.90 Å². The van der Waals surface area contributed by atoms with Crippen LogP contribution in [-0.4, -0.2) is 28.0 Å². The average molecular weight is 312 g/mol. The number of halogens is 2. The zero-order valence-corrected chi connectivity index (χ0v) is 11.8. The molecule has 0 bridgehead atoms. The summed E-state index contributed by atoms with van der Waals surface area (Å²) in [7, 11) is -2.62. The van der Waals surface area contributed by atoms with E-state index < -0.39 is 16.0 Å². The Balaban J connectivity index is 2.84. The van der Waals surface area contributed by atoms with Crippen LogP contribution in [0.1, 0.15) is 6.42 Å². The molecule has 0 radical (unpaired) electrons. The normalized spacial score (nSPS) is 11.3. The van der Waals surface area contributed by atoms with Crippen molar-refractivity contribution in [3.8, 4) is 0 Å². The predicted octanol–water partition coefficient (Wildman–Crippen LogP) is 1.83. The Kier molecular flexibility index (Phi) is 5.40. The van der Waals surface area contributed by atoms with E-state index in [1.165, 1.54) is 25.3 Å². The Hall–Kier alpha value is -0.820. The van der Waals surface area contributed by atoms with E-state index in [0.717, 1.165) is 0 Å². The van der Waals surface area contributed by atoms with Gasteiger partial charge < -0.3 is 4.74 Å². The van der Waals surface area contributed by atoms with Gasteiger partial charge in [0.15, 0.2) is 0 Å². The third kappa shape index (κ3) is 3.84. The van der Waals surface area contributed by atoms with Gasteiger partial charge in [0.25, 0.3) is 0 Å². The molecule has 1 N–H and O–H groups in total. The first-order chi connectivity index (χ1) is 8.38. The van der Waals surface area contributed by atoms with Crippen molar-refractivity contribution in [1.29, 1.82) is 0 Å². The van der Waals surface area contributed by atoms with Gasteiger partial charge in [-0.15, -0.1) is 0 Å². The summed E-state index contributed by atoms with van der Waals surface area (Å²) < 4.78 is 30.4. The monoisotopic (exact) mass is 311 g/mol. The lowest BCUT2D eigenvalue weighted by atomic mass is 10.4. The summed E-state index contributed by atoms with van der Waals surface area (Å²) in [5.74, 6) is -0.511. The summed E-state index contributed by atoms with van der Waals surface area (Å²) in [6.45, 7) is -0.0867. The third-order valence-electron chi connectivity index (χ3n) is 2.04. The van der Waals surface area contributed by atoms with Gasteiger partial charge in [0, 0.05) is 6.54 Å².